The summed E-state index contributed by atoms with van der Waals surface area (Å²) in [5, 5.41) is 10.8. The van der Waals surface area contributed by atoms with Crippen LogP contribution in [0.1, 0.15) is 22.9 Å². The van der Waals surface area contributed by atoms with Gasteiger partial charge in [-0.05, 0) is 88.0 Å². The predicted molar refractivity (Wildman–Crippen MR) is 311 cm³/mol. The highest BCUT2D eigenvalue weighted by molar-refractivity contribution is 6.25. The zero-order valence-corrected chi connectivity index (χ0v) is 40.6. The quantitative estimate of drug-likeness (QED) is 0.165. The number of amidine groups is 2. The fraction of sp³-hybridized carbons (Fsp3) is 0.0145. The Morgan fingerprint density at radius 3 is 1.51 bits per heavy atom. The third-order valence-corrected chi connectivity index (χ3v) is 15.0. The molecule has 75 heavy (non-hydrogen) atoms. The molecule has 0 spiro atoms. The van der Waals surface area contributed by atoms with Crippen LogP contribution < -0.4 is 5.32 Å². The van der Waals surface area contributed by atoms with Gasteiger partial charge in [-0.3, -0.25) is 0 Å². The highest BCUT2D eigenvalue weighted by Crippen LogP contribution is 2.45. The lowest BCUT2D eigenvalue weighted by Crippen LogP contribution is -2.34. The van der Waals surface area contributed by atoms with Gasteiger partial charge in [-0.1, -0.05) is 206 Å². The summed E-state index contributed by atoms with van der Waals surface area (Å²) >= 11 is 0. The number of aliphatic imine (C=N–C) groups is 2. The Hall–Kier alpha value is -10.0. The lowest BCUT2D eigenvalue weighted by molar-refractivity contribution is 0.667. The van der Waals surface area contributed by atoms with Crippen LogP contribution >= 0.6 is 0 Å². The van der Waals surface area contributed by atoms with Crippen molar-refractivity contribution in [3.8, 4) is 44.8 Å². The average Bonchev–Trinajstić information content (AvgIpc) is 4.16. The molecule has 0 bridgehead atoms. The van der Waals surface area contributed by atoms with Gasteiger partial charge in [0.2, 0.25) is 0 Å². The van der Waals surface area contributed by atoms with E-state index in [0.717, 1.165) is 89.1 Å². The molecule has 1 aliphatic rings. The van der Waals surface area contributed by atoms with Gasteiger partial charge in [0.25, 0.3) is 0 Å². The van der Waals surface area contributed by atoms with Crippen molar-refractivity contribution in [2.45, 2.75) is 6.17 Å². The number of furan rings is 1. The second-order valence-electron chi connectivity index (χ2n) is 19.2. The zero-order chi connectivity index (χ0) is 49.4. The number of hydrogen-bond donors (Lipinski definition) is 1. The highest BCUT2D eigenvalue weighted by Gasteiger charge is 2.28. The minimum Gasteiger partial charge on any atom is -0.456 e. The molecule has 6 heteroatoms. The normalized spacial score (nSPS) is 13.7. The maximum absolute atomic E-state index is 6.66. The van der Waals surface area contributed by atoms with E-state index in [9.17, 15) is 0 Å². The van der Waals surface area contributed by atoms with E-state index < -0.39 is 6.17 Å². The van der Waals surface area contributed by atoms with E-state index in [0.29, 0.717) is 5.84 Å². The Morgan fingerprint density at radius 1 is 0.347 bits per heavy atom. The summed E-state index contributed by atoms with van der Waals surface area (Å²) in [7, 11) is 0. The van der Waals surface area contributed by atoms with E-state index in [1.54, 1.807) is 0 Å². The Labute approximate surface area is 432 Å². The van der Waals surface area contributed by atoms with E-state index in [-0.39, 0.29) is 0 Å². The summed E-state index contributed by atoms with van der Waals surface area (Å²) in [6.45, 7) is 0. The molecule has 1 atom stereocenters. The Balaban J connectivity index is 0.930. The molecule has 4 heterocycles. The van der Waals surface area contributed by atoms with E-state index in [1.807, 2.05) is 6.07 Å². The van der Waals surface area contributed by atoms with Gasteiger partial charge in [-0.2, -0.15) is 0 Å². The standard InChI is InChI=1S/C69H45N5O/c1-4-20-44(21-5-1)45-40-42-47(43-41-45)67-70-68(72-69(71-67)55-32-19-39-62-66(55)65-49(29-18-38-61(65)75-62)46-22-6-2-7-23-46)54-28-12-15-35-58(54)74-57-34-14-11-27-53(57)64-51(31-17-37-60(64)74)50-30-16-36-59-63(50)52-26-10-13-33-56(52)73(59)48-24-8-3-9-25-48/h1-43,68H,(H,70,71,72). The maximum atomic E-state index is 6.66. The summed E-state index contributed by atoms with van der Waals surface area (Å²) in [5.74, 6) is 1.36. The molecule has 1 aliphatic heterocycles. The molecule has 6 nitrogen and oxygen atoms in total. The van der Waals surface area contributed by atoms with Crippen LogP contribution in [-0.4, -0.2) is 20.8 Å². The monoisotopic (exact) mass is 959 g/mol. The summed E-state index contributed by atoms with van der Waals surface area (Å²) < 4.78 is 11.5. The van der Waals surface area contributed by atoms with Gasteiger partial charge in [0.15, 0.2) is 5.84 Å². The first kappa shape index (κ1) is 42.6. The molecule has 0 amide bonds. The minimum absolute atomic E-state index is 0.531. The molecule has 14 aromatic rings. The molecule has 0 fully saturated rings. The second-order valence-corrected chi connectivity index (χ2v) is 19.2. The predicted octanol–water partition coefficient (Wildman–Crippen LogP) is 17.3. The van der Waals surface area contributed by atoms with Crippen LogP contribution in [0.15, 0.2) is 275 Å². The lowest BCUT2D eigenvalue weighted by atomic mass is 9.95. The SMILES string of the molecule is c1ccc(-c2ccc(C3=NC(c4ccccc4-n4c5ccccc5c5c(-c6cccc7c6c6ccccc6n7-c6ccccc6)cccc54)NC(c4cccc5oc6cccc(-c7ccccc7)c6c45)=N3)cc2)cc1. The van der Waals surface area contributed by atoms with Crippen molar-refractivity contribution in [3.63, 3.8) is 0 Å². The van der Waals surface area contributed by atoms with Crippen molar-refractivity contribution >= 4 is 77.2 Å². The highest BCUT2D eigenvalue weighted by atomic mass is 16.3. The van der Waals surface area contributed by atoms with Gasteiger partial charge in [0.1, 0.15) is 23.2 Å². The molecule has 1 N–H and O–H groups in total. The zero-order valence-electron chi connectivity index (χ0n) is 40.6. The van der Waals surface area contributed by atoms with Gasteiger partial charge >= 0.3 is 0 Å². The van der Waals surface area contributed by atoms with Crippen molar-refractivity contribution in [3.05, 3.63) is 278 Å². The van der Waals surface area contributed by atoms with Gasteiger partial charge < -0.3 is 18.9 Å². The van der Waals surface area contributed by atoms with Gasteiger partial charge in [-0.25, -0.2) is 9.98 Å². The van der Waals surface area contributed by atoms with Crippen molar-refractivity contribution in [2.75, 3.05) is 0 Å². The van der Waals surface area contributed by atoms with Crippen LogP contribution in [0.4, 0.5) is 0 Å². The van der Waals surface area contributed by atoms with Gasteiger partial charge in [0.05, 0.1) is 27.8 Å². The summed E-state index contributed by atoms with van der Waals surface area (Å²) in [6, 6.07) is 92.7. The van der Waals surface area contributed by atoms with Crippen LogP contribution in [-0.2, 0) is 0 Å². The molecule has 0 saturated heterocycles. The first-order valence-electron chi connectivity index (χ1n) is 25.5. The minimum atomic E-state index is -0.531. The van der Waals surface area contributed by atoms with Crippen LogP contribution in [0.25, 0.3) is 110 Å². The van der Waals surface area contributed by atoms with E-state index in [2.05, 4.69) is 269 Å². The third kappa shape index (κ3) is 6.88. The van der Waals surface area contributed by atoms with Crippen molar-refractivity contribution < 1.29 is 4.42 Å². The number of hydrogen-bond acceptors (Lipinski definition) is 4. The number of aromatic nitrogens is 2. The largest absolute Gasteiger partial charge is 0.456 e. The number of rotatable bonds is 8. The fourth-order valence-electron chi connectivity index (χ4n) is 11.8. The molecule has 0 saturated carbocycles. The third-order valence-electron chi connectivity index (χ3n) is 15.0. The number of benzene rings is 11. The smallest absolute Gasteiger partial charge is 0.159 e. The molecule has 352 valence electrons. The molecule has 3 aromatic heterocycles. The lowest BCUT2D eigenvalue weighted by Gasteiger charge is -2.26. The molecular formula is C69H45N5O. The first-order valence-corrected chi connectivity index (χ1v) is 25.5. The van der Waals surface area contributed by atoms with Gasteiger partial charge in [0, 0.05) is 54.7 Å². The number of para-hydroxylation sites is 4. The van der Waals surface area contributed by atoms with E-state index >= 15 is 0 Å². The van der Waals surface area contributed by atoms with Crippen molar-refractivity contribution in [1.29, 1.82) is 0 Å². The molecule has 0 radical (unpaired) electrons. The number of nitrogens with one attached hydrogen (secondary N) is 1. The van der Waals surface area contributed by atoms with Crippen LogP contribution in [0.3, 0.4) is 0 Å². The Bertz CT molecular complexity index is 4600. The van der Waals surface area contributed by atoms with Crippen LogP contribution in [0.5, 0.6) is 0 Å². The molecule has 11 aromatic carbocycles. The fourth-order valence-corrected chi connectivity index (χ4v) is 11.8. The second kappa shape index (κ2) is 17.3. The number of nitrogens with zero attached hydrogens (tertiary/aromatic N) is 4. The Morgan fingerprint density at radius 2 is 0.827 bits per heavy atom. The summed E-state index contributed by atoms with van der Waals surface area (Å²) in [4.78, 5) is 11.0. The topological polar surface area (TPSA) is 59.8 Å². The molecule has 1 unspecified atom stereocenters. The first-order chi connectivity index (χ1) is 37.2. The van der Waals surface area contributed by atoms with Crippen molar-refractivity contribution in [2.24, 2.45) is 9.98 Å². The number of fused-ring (bicyclic) bond motifs is 9. The Kier molecular flexibility index (Phi) is 9.85. The van der Waals surface area contributed by atoms with E-state index in [1.165, 1.54) is 43.7 Å². The van der Waals surface area contributed by atoms with Gasteiger partial charge in [-0.15, -0.1) is 0 Å². The summed E-state index contributed by atoms with van der Waals surface area (Å²) in [6.07, 6.45) is -0.531. The average molecular weight is 960 g/mol. The van der Waals surface area contributed by atoms with Crippen molar-refractivity contribution in [1.82, 2.24) is 14.5 Å². The van der Waals surface area contributed by atoms with Crippen LogP contribution in [0.2, 0.25) is 0 Å². The molecule has 0 aliphatic carbocycles. The van der Waals surface area contributed by atoms with E-state index in [4.69, 9.17) is 14.4 Å². The molecule has 15 rings (SSSR count). The van der Waals surface area contributed by atoms with Crippen LogP contribution in [0, 0.1) is 0 Å². The molecular weight excluding hydrogens is 915 g/mol. The maximum Gasteiger partial charge on any atom is 0.159 e. The summed E-state index contributed by atoms with van der Waals surface area (Å²) in [5.41, 5.74) is 18.1.